The van der Waals surface area contributed by atoms with Gasteiger partial charge in [-0.25, -0.2) is 0 Å². The summed E-state index contributed by atoms with van der Waals surface area (Å²) in [5, 5.41) is 0. The minimum atomic E-state index is -0.339. The lowest BCUT2D eigenvalue weighted by Crippen LogP contribution is -2.45. The Kier molecular flexibility index (Phi) is 5.28. The number of nitrogens with zero attached hydrogens (tertiary/aromatic N) is 1. The fourth-order valence-electron chi connectivity index (χ4n) is 3.33. The van der Waals surface area contributed by atoms with Crippen molar-refractivity contribution in [3.8, 4) is 0 Å². The van der Waals surface area contributed by atoms with E-state index in [0.717, 1.165) is 5.56 Å². The molecule has 1 aromatic heterocycles. The monoisotopic (exact) mass is 356 g/mol. The third-order valence-corrected chi connectivity index (χ3v) is 4.93. The molecule has 0 unspecified atom stereocenters. The van der Waals surface area contributed by atoms with E-state index < -0.39 is 0 Å². The van der Waals surface area contributed by atoms with Gasteiger partial charge in [0.2, 0.25) is 0 Å². The molecule has 0 spiro atoms. The number of ether oxygens (including phenoxy) is 1. The van der Waals surface area contributed by atoms with E-state index in [1.54, 1.807) is 23.2 Å². The van der Waals surface area contributed by atoms with Gasteiger partial charge in [-0.1, -0.05) is 42.5 Å². The number of benzene rings is 1. The van der Waals surface area contributed by atoms with Crippen molar-refractivity contribution in [1.82, 2.24) is 9.88 Å². The Labute approximate surface area is 151 Å². The molecule has 1 aromatic carbocycles. The summed E-state index contributed by atoms with van der Waals surface area (Å²) < 4.78 is 5.33. The summed E-state index contributed by atoms with van der Waals surface area (Å²) in [6, 6.07) is 13.4. The summed E-state index contributed by atoms with van der Waals surface area (Å²) in [6.45, 7) is 0.901. The Bertz CT molecular complexity index is 819. The van der Waals surface area contributed by atoms with Gasteiger partial charge < -0.3 is 14.6 Å². The zero-order chi connectivity index (χ0) is 17.8. The quantitative estimate of drug-likeness (QED) is 0.678. The van der Waals surface area contributed by atoms with Crippen molar-refractivity contribution < 1.29 is 14.3 Å². The van der Waals surface area contributed by atoms with E-state index >= 15 is 0 Å². The van der Waals surface area contributed by atoms with Crippen LogP contribution in [0.5, 0.6) is 0 Å². The highest BCUT2D eigenvalue weighted by Crippen LogP contribution is 2.31. The zero-order valence-electron chi connectivity index (χ0n) is 14.0. The maximum absolute atomic E-state index is 12.9. The van der Waals surface area contributed by atoms with Gasteiger partial charge in [0, 0.05) is 25.2 Å². The molecule has 25 heavy (non-hydrogen) atoms. The second-order valence-corrected chi connectivity index (χ2v) is 6.59. The fraction of sp³-hybridized carbons (Fsp3) is 0.316. The number of amides is 1. The SMILES string of the molecule is COC(=O)[C@@H]1C[C@@H](c2ccccc2)CN(C(=O)c2ccc[nH]c2=S)C1. The first-order valence-electron chi connectivity index (χ1n) is 8.20. The van der Waals surface area contributed by atoms with Gasteiger partial charge in [0.1, 0.15) is 4.64 Å². The van der Waals surface area contributed by atoms with Crippen molar-refractivity contribution >= 4 is 24.1 Å². The third-order valence-electron chi connectivity index (χ3n) is 4.59. The van der Waals surface area contributed by atoms with Crippen LogP contribution < -0.4 is 0 Å². The highest BCUT2D eigenvalue weighted by molar-refractivity contribution is 7.71. The van der Waals surface area contributed by atoms with Gasteiger partial charge in [-0.15, -0.1) is 0 Å². The molecule has 0 aliphatic carbocycles. The predicted octanol–water partition coefficient (Wildman–Crippen LogP) is 3.16. The average Bonchev–Trinajstić information content (AvgIpc) is 2.67. The van der Waals surface area contributed by atoms with Gasteiger partial charge in [0.15, 0.2) is 0 Å². The summed E-state index contributed by atoms with van der Waals surface area (Å²) in [5.41, 5.74) is 1.57. The van der Waals surface area contributed by atoms with E-state index in [1.165, 1.54) is 7.11 Å². The molecule has 5 nitrogen and oxygen atoms in total. The molecule has 0 bridgehead atoms. The van der Waals surface area contributed by atoms with Gasteiger partial charge in [0.25, 0.3) is 5.91 Å². The van der Waals surface area contributed by atoms with E-state index in [0.29, 0.717) is 29.7 Å². The molecule has 0 radical (unpaired) electrons. The Morgan fingerprint density at radius 3 is 2.60 bits per heavy atom. The van der Waals surface area contributed by atoms with Gasteiger partial charge in [0.05, 0.1) is 18.6 Å². The van der Waals surface area contributed by atoms with Gasteiger partial charge in [-0.3, -0.25) is 9.59 Å². The number of piperidine rings is 1. The summed E-state index contributed by atoms with van der Waals surface area (Å²) in [7, 11) is 1.38. The molecule has 2 aromatic rings. The number of hydrogen-bond donors (Lipinski definition) is 1. The van der Waals surface area contributed by atoms with E-state index in [2.05, 4.69) is 4.98 Å². The van der Waals surface area contributed by atoms with Crippen molar-refractivity contribution in [2.24, 2.45) is 5.92 Å². The molecule has 1 amide bonds. The number of methoxy groups -OCH3 is 1. The predicted molar refractivity (Wildman–Crippen MR) is 96.8 cm³/mol. The number of hydrogen-bond acceptors (Lipinski definition) is 4. The Balaban J connectivity index is 1.90. The molecule has 1 aliphatic heterocycles. The van der Waals surface area contributed by atoms with Crippen LogP contribution in [0.15, 0.2) is 48.7 Å². The summed E-state index contributed by atoms with van der Waals surface area (Å²) >= 11 is 5.23. The Hall–Kier alpha value is -2.47. The summed E-state index contributed by atoms with van der Waals surface area (Å²) in [6.07, 6.45) is 2.36. The lowest BCUT2D eigenvalue weighted by molar-refractivity contribution is -0.147. The van der Waals surface area contributed by atoms with Crippen LogP contribution in [-0.2, 0) is 9.53 Å². The topological polar surface area (TPSA) is 62.4 Å². The van der Waals surface area contributed by atoms with Crippen LogP contribution in [0.25, 0.3) is 0 Å². The highest BCUT2D eigenvalue weighted by atomic mass is 32.1. The molecule has 1 fully saturated rings. The van der Waals surface area contributed by atoms with E-state index in [4.69, 9.17) is 17.0 Å². The van der Waals surface area contributed by atoms with E-state index in [1.807, 2.05) is 30.3 Å². The number of nitrogens with one attached hydrogen (secondary N) is 1. The lowest BCUT2D eigenvalue weighted by atomic mass is 9.84. The van der Waals surface area contributed by atoms with Crippen molar-refractivity contribution in [3.63, 3.8) is 0 Å². The molecule has 0 saturated carbocycles. The lowest BCUT2D eigenvalue weighted by Gasteiger charge is -2.37. The van der Waals surface area contributed by atoms with Gasteiger partial charge in [-0.2, -0.15) is 0 Å². The zero-order valence-corrected chi connectivity index (χ0v) is 14.8. The van der Waals surface area contributed by atoms with Crippen LogP contribution >= 0.6 is 12.2 Å². The van der Waals surface area contributed by atoms with Crippen LogP contribution in [0.3, 0.4) is 0 Å². The molecule has 2 atom stereocenters. The average molecular weight is 356 g/mol. The van der Waals surface area contributed by atoms with E-state index in [-0.39, 0.29) is 23.7 Å². The number of aromatic nitrogens is 1. The number of carbonyl (C=O) groups is 2. The number of pyridine rings is 1. The smallest absolute Gasteiger partial charge is 0.310 e. The molecular weight excluding hydrogens is 336 g/mol. The van der Waals surface area contributed by atoms with Crippen molar-refractivity contribution in [1.29, 1.82) is 0 Å². The van der Waals surface area contributed by atoms with Gasteiger partial charge in [-0.05, 0) is 24.1 Å². The van der Waals surface area contributed by atoms with Crippen LogP contribution in [0.1, 0.15) is 28.3 Å². The second kappa shape index (κ2) is 7.61. The number of aromatic amines is 1. The molecule has 6 heteroatoms. The minimum Gasteiger partial charge on any atom is -0.469 e. The molecule has 3 rings (SSSR count). The van der Waals surface area contributed by atoms with Crippen molar-refractivity contribution in [2.75, 3.05) is 20.2 Å². The van der Waals surface area contributed by atoms with Crippen LogP contribution in [0.4, 0.5) is 0 Å². The molecule has 1 saturated heterocycles. The van der Waals surface area contributed by atoms with Crippen LogP contribution in [0.2, 0.25) is 0 Å². The van der Waals surface area contributed by atoms with Crippen molar-refractivity contribution in [2.45, 2.75) is 12.3 Å². The Morgan fingerprint density at radius 1 is 1.16 bits per heavy atom. The number of likely N-dealkylation sites (tertiary alicyclic amines) is 1. The van der Waals surface area contributed by atoms with Crippen LogP contribution in [-0.4, -0.2) is 42.0 Å². The number of carbonyl (C=O) groups excluding carboxylic acids is 2. The highest BCUT2D eigenvalue weighted by Gasteiger charge is 2.35. The minimum absolute atomic E-state index is 0.0873. The van der Waals surface area contributed by atoms with Gasteiger partial charge >= 0.3 is 5.97 Å². The first-order valence-corrected chi connectivity index (χ1v) is 8.60. The van der Waals surface area contributed by atoms with Crippen molar-refractivity contribution in [3.05, 3.63) is 64.4 Å². The van der Waals surface area contributed by atoms with E-state index in [9.17, 15) is 9.59 Å². The second-order valence-electron chi connectivity index (χ2n) is 6.19. The Morgan fingerprint density at radius 2 is 1.92 bits per heavy atom. The summed E-state index contributed by atoms with van der Waals surface area (Å²) in [5.74, 6) is -0.688. The first-order chi connectivity index (χ1) is 12.1. The third kappa shape index (κ3) is 3.79. The maximum Gasteiger partial charge on any atom is 0.310 e. The molecule has 1 aliphatic rings. The molecule has 1 N–H and O–H groups in total. The largest absolute Gasteiger partial charge is 0.469 e. The number of esters is 1. The standard InChI is InChI=1S/C19H20N2O3S/c1-24-19(23)15-10-14(13-6-3-2-4-7-13)11-21(12-15)18(22)16-8-5-9-20-17(16)25/h2-9,14-15H,10-12H2,1H3,(H,20,25)/t14-,15-/m1/s1. The van der Waals surface area contributed by atoms with Crippen LogP contribution in [0, 0.1) is 10.6 Å². The number of rotatable bonds is 3. The molecular formula is C19H20N2O3S. The normalized spacial score (nSPS) is 20.1. The first kappa shape index (κ1) is 17.4. The molecule has 2 heterocycles. The fourth-order valence-corrected chi connectivity index (χ4v) is 3.55. The molecule has 130 valence electrons. The maximum atomic E-state index is 12.9. The summed E-state index contributed by atoms with van der Waals surface area (Å²) in [4.78, 5) is 29.7. The number of H-pyrrole nitrogens is 1.